The van der Waals surface area contributed by atoms with Crippen molar-refractivity contribution >= 4 is 34.4 Å². The van der Waals surface area contributed by atoms with Crippen molar-refractivity contribution in [1.29, 1.82) is 0 Å². The summed E-state index contributed by atoms with van der Waals surface area (Å²) in [6.45, 7) is 4.04. The third-order valence-corrected chi connectivity index (χ3v) is 3.58. The predicted octanol–water partition coefficient (Wildman–Crippen LogP) is 3.26. The van der Waals surface area contributed by atoms with Crippen molar-refractivity contribution in [3.05, 3.63) is 45.8 Å². The molecule has 0 saturated carbocycles. The molecular weight excluding hydrogens is 262 g/mol. The lowest BCUT2D eigenvalue weighted by Gasteiger charge is -2.14. The highest BCUT2D eigenvalue weighted by Crippen LogP contribution is 2.21. The van der Waals surface area contributed by atoms with Gasteiger partial charge in [-0.3, -0.25) is 0 Å². The van der Waals surface area contributed by atoms with Crippen LogP contribution in [0, 0.1) is 6.92 Å². The lowest BCUT2D eigenvalue weighted by molar-refractivity contribution is 0.877. The number of nitrogens with one attached hydrogen (secondary N) is 1. The van der Waals surface area contributed by atoms with Crippen LogP contribution in [-0.4, -0.2) is 9.97 Å². The fourth-order valence-electron chi connectivity index (χ4n) is 1.71. The fourth-order valence-corrected chi connectivity index (χ4v) is 2.58. The second-order valence-corrected chi connectivity index (χ2v) is 5.39. The second kappa shape index (κ2) is 5.46. The molecule has 0 saturated heterocycles. The van der Waals surface area contributed by atoms with Crippen molar-refractivity contribution in [2.45, 2.75) is 19.9 Å². The Hall–Kier alpha value is -1.46. The summed E-state index contributed by atoms with van der Waals surface area (Å²) in [5, 5.41) is 7.55. The van der Waals surface area contributed by atoms with E-state index >= 15 is 0 Å². The Kier molecular flexibility index (Phi) is 3.93. The zero-order valence-electron chi connectivity index (χ0n) is 10.3. The largest absolute Gasteiger partial charge is 0.389 e. The van der Waals surface area contributed by atoms with Crippen molar-refractivity contribution in [1.82, 2.24) is 4.98 Å². The molecular formula is C13H15N3S2. The van der Waals surface area contributed by atoms with E-state index in [2.05, 4.69) is 34.1 Å². The average molecular weight is 277 g/mol. The van der Waals surface area contributed by atoms with Gasteiger partial charge in [-0.1, -0.05) is 12.2 Å². The van der Waals surface area contributed by atoms with Crippen LogP contribution in [0.3, 0.4) is 0 Å². The summed E-state index contributed by atoms with van der Waals surface area (Å²) < 4.78 is 0. The first-order valence-electron chi connectivity index (χ1n) is 5.63. The molecule has 2 aromatic heterocycles. The Bertz CT molecular complexity index is 549. The summed E-state index contributed by atoms with van der Waals surface area (Å²) in [5.74, 6) is 0.802. The minimum atomic E-state index is 0.213. The molecule has 0 radical (unpaired) electrons. The standard InChI is InChI=1S/C13H15N3S2/c1-8-5-11(13(14)17)6-12(15-8)16-9(2)10-3-4-18-7-10/h3-7,9H,1-2H3,(H2,14,17)(H,15,16). The van der Waals surface area contributed by atoms with E-state index in [0.717, 1.165) is 17.1 Å². The van der Waals surface area contributed by atoms with E-state index in [1.54, 1.807) is 11.3 Å². The number of thiocarbonyl (C=S) groups is 1. The average Bonchev–Trinajstić information content (AvgIpc) is 2.81. The van der Waals surface area contributed by atoms with Gasteiger partial charge in [0, 0.05) is 11.3 Å². The maximum atomic E-state index is 5.65. The Morgan fingerprint density at radius 3 is 2.89 bits per heavy atom. The molecule has 2 aromatic rings. The number of thiophene rings is 1. The van der Waals surface area contributed by atoms with E-state index in [9.17, 15) is 0 Å². The van der Waals surface area contributed by atoms with Crippen LogP contribution in [0.2, 0.25) is 0 Å². The Balaban J connectivity index is 2.21. The summed E-state index contributed by atoms with van der Waals surface area (Å²) >= 11 is 6.69. The van der Waals surface area contributed by atoms with Crippen molar-refractivity contribution in [3.63, 3.8) is 0 Å². The molecule has 0 amide bonds. The van der Waals surface area contributed by atoms with E-state index in [1.807, 2.05) is 19.1 Å². The van der Waals surface area contributed by atoms with Gasteiger partial charge in [0.05, 0.1) is 6.04 Å². The molecule has 1 atom stereocenters. The number of pyridine rings is 1. The first kappa shape index (κ1) is 13.0. The van der Waals surface area contributed by atoms with Gasteiger partial charge >= 0.3 is 0 Å². The van der Waals surface area contributed by atoms with Crippen LogP contribution in [0.1, 0.15) is 29.8 Å². The van der Waals surface area contributed by atoms with Crippen LogP contribution in [0.4, 0.5) is 5.82 Å². The van der Waals surface area contributed by atoms with E-state index < -0.39 is 0 Å². The van der Waals surface area contributed by atoms with E-state index in [-0.39, 0.29) is 6.04 Å². The zero-order chi connectivity index (χ0) is 13.1. The zero-order valence-corrected chi connectivity index (χ0v) is 11.9. The number of anilines is 1. The van der Waals surface area contributed by atoms with Gasteiger partial charge in [0.1, 0.15) is 10.8 Å². The molecule has 0 bridgehead atoms. The lowest BCUT2D eigenvalue weighted by atomic mass is 10.1. The molecule has 3 N–H and O–H groups in total. The van der Waals surface area contributed by atoms with E-state index in [0.29, 0.717) is 4.99 Å². The van der Waals surface area contributed by atoms with Crippen LogP contribution < -0.4 is 11.1 Å². The van der Waals surface area contributed by atoms with E-state index in [1.165, 1.54) is 5.56 Å². The van der Waals surface area contributed by atoms with Gasteiger partial charge in [0.2, 0.25) is 0 Å². The molecule has 18 heavy (non-hydrogen) atoms. The number of aryl methyl sites for hydroxylation is 1. The number of aromatic nitrogens is 1. The smallest absolute Gasteiger partial charge is 0.127 e. The summed E-state index contributed by atoms with van der Waals surface area (Å²) in [7, 11) is 0. The normalized spacial score (nSPS) is 12.1. The molecule has 5 heteroatoms. The number of hydrogen-bond acceptors (Lipinski definition) is 4. The third kappa shape index (κ3) is 3.05. The van der Waals surface area contributed by atoms with Gasteiger partial charge in [-0.2, -0.15) is 11.3 Å². The van der Waals surface area contributed by atoms with Gasteiger partial charge in [-0.25, -0.2) is 4.98 Å². The highest BCUT2D eigenvalue weighted by atomic mass is 32.1. The minimum Gasteiger partial charge on any atom is -0.389 e. The highest BCUT2D eigenvalue weighted by Gasteiger charge is 2.08. The summed E-state index contributed by atoms with van der Waals surface area (Å²) in [6, 6.07) is 6.10. The van der Waals surface area contributed by atoms with Crippen molar-refractivity contribution in [3.8, 4) is 0 Å². The molecule has 0 aromatic carbocycles. The van der Waals surface area contributed by atoms with Crippen molar-refractivity contribution in [2.75, 3.05) is 5.32 Å². The molecule has 0 spiro atoms. The van der Waals surface area contributed by atoms with Gasteiger partial charge in [0.25, 0.3) is 0 Å². The first-order valence-corrected chi connectivity index (χ1v) is 6.98. The first-order chi connectivity index (χ1) is 8.56. The molecule has 0 aliphatic carbocycles. The molecule has 0 aliphatic rings. The van der Waals surface area contributed by atoms with Crippen LogP contribution in [0.15, 0.2) is 29.0 Å². The van der Waals surface area contributed by atoms with Gasteiger partial charge in [-0.15, -0.1) is 0 Å². The molecule has 2 rings (SSSR count). The van der Waals surface area contributed by atoms with Gasteiger partial charge in [-0.05, 0) is 48.4 Å². The van der Waals surface area contributed by atoms with Crippen LogP contribution in [-0.2, 0) is 0 Å². The number of nitrogens with two attached hydrogens (primary N) is 1. The topological polar surface area (TPSA) is 50.9 Å². The predicted molar refractivity (Wildman–Crippen MR) is 81.2 cm³/mol. The summed E-state index contributed by atoms with van der Waals surface area (Å²) in [5.41, 5.74) is 8.65. The molecule has 3 nitrogen and oxygen atoms in total. The quantitative estimate of drug-likeness (QED) is 0.842. The van der Waals surface area contributed by atoms with Crippen LogP contribution in [0.25, 0.3) is 0 Å². The van der Waals surface area contributed by atoms with Crippen LogP contribution >= 0.6 is 23.6 Å². The molecule has 1 unspecified atom stereocenters. The Morgan fingerprint density at radius 2 is 2.28 bits per heavy atom. The number of hydrogen-bond donors (Lipinski definition) is 2. The minimum absolute atomic E-state index is 0.213. The highest BCUT2D eigenvalue weighted by molar-refractivity contribution is 7.80. The van der Waals surface area contributed by atoms with Crippen molar-refractivity contribution in [2.24, 2.45) is 5.73 Å². The number of nitrogens with zero attached hydrogens (tertiary/aromatic N) is 1. The van der Waals surface area contributed by atoms with Crippen LogP contribution in [0.5, 0.6) is 0 Å². The van der Waals surface area contributed by atoms with Crippen molar-refractivity contribution < 1.29 is 0 Å². The summed E-state index contributed by atoms with van der Waals surface area (Å²) in [6.07, 6.45) is 0. The van der Waals surface area contributed by atoms with Gasteiger partial charge in [0.15, 0.2) is 0 Å². The lowest BCUT2D eigenvalue weighted by Crippen LogP contribution is -2.13. The third-order valence-electron chi connectivity index (χ3n) is 2.65. The van der Waals surface area contributed by atoms with Gasteiger partial charge < -0.3 is 11.1 Å². The number of rotatable bonds is 4. The maximum Gasteiger partial charge on any atom is 0.127 e. The molecule has 94 valence electrons. The molecule has 0 fully saturated rings. The molecule has 0 aliphatic heterocycles. The fraction of sp³-hybridized carbons (Fsp3) is 0.231. The Morgan fingerprint density at radius 1 is 1.50 bits per heavy atom. The maximum absolute atomic E-state index is 5.65. The monoisotopic (exact) mass is 277 g/mol. The van der Waals surface area contributed by atoms with E-state index in [4.69, 9.17) is 18.0 Å². The Labute approximate surface area is 116 Å². The molecule has 2 heterocycles. The summed E-state index contributed by atoms with van der Waals surface area (Å²) in [4.78, 5) is 4.84. The second-order valence-electron chi connectivity index (χ2n) is 4.17. The SMILES string of the molecule is Cc1cc(C(N)=S)cc(NC(C)c2ccsc2)n1.